The Hall–Kier alpha value is -3.36. The molecule has 0 fully saturated rings. The number of methoxy groups -OCH3 is 1. The lowest BCUT2D eigenvalue weighted by molar-refractivity contribution is -0.274. The number of rotatable bonds is 3. The number of hydrogen-bond donors (Lipinski definition) is 0. The van der Waals surface area contributed by atoms with Crippen molar-refractivity contribution in [2.75, 3.05) is 7.11 Å². The number of halogens is 3. The van der Waals surface area contributed by atoms with E-state index in [1.165, 1.54) is 36.1 Å². The third-order valence-electron chi connectivity index (χ3n) is 3.83. The SMILES string of the molecule is COC(=O)c1cc2c(=O)n(-c3ccc(OC(F)(F)F)cc3)ccc2nc1C. The number of pyridine rings is 2. The van der Waals surface area contributed by atoms with Crippen molar-refractivity contribution in [3.8, 4) is 11.4 Å². The number of aryl methyl sites for hydroxylation is 1. The van der Waals surface area contributed by atoms with Gasteiger partial charge in [-0.2, -0.15) is 0 Å². The molecule has 0 bridgehead atoms. The van der Waals surface area contributed by atoms with Crippen molar-refractivity contribution in [2.45, 2.75) is 13.3 Å². The minimum absolute atomic E-state index is 0.161. The first kappa shape index (κ1) is 18.4. The van der Waals surface area contributed by atoms with E-state index >= 15 is 0 Å². The van der Waals surface area contributed by atoms with Crippen LogP contribution < -0.4 is 10.3 Å². The predicted octanol–water partition coefficient (Wildman–Crippen LogP) is 3.38. The van der Waals surface area contributed by atoms with Gasteiger partial charge in [0.15, 0.2) is 0 Å². The van der Waals surface area contributed by atoms with Crippen LogP contribution in [0, 0.1) is 6.92 Å². The molecule has 0 aliphatic heterocycles. The number of aromatic nitrogens is 2. The Bertz CT molecular complexity index is 1070. The fraction of sp³-hybridized carbons (Fsp3) is 0.167. The molecule has 6 nitrogen and oxygen atoms in total. The van der Waals surface area contributed by atoms with E-state index in [0.29, 0.717) is 16.9 Å². The van der Waals surface area contributed by atoms with Gasteiger partial charge in [0, 0.05) is 11.9 Å². The summed E-state index contributed by atoms with van der Waals surface area (Å²) in [6.45, 7) is 1.62. The van der Waals surface area contributed by atoms with E-state index in [9.17, 15) is 22.8 Å². The van der Waals surface area contributed by atoms with Crippen molar-refractivity contribution in [1.82, 2.24) is 9.55 Å². The number of hydrogen-bond acceptors (Lipinski definition) is 5. The van der Waals surface area contributed by atoms with Gasteiger partial charge in [0.1, 0.15) is 5.75 Å². The van der Waals surface area contributed by atoms with Gasteiger partial charge in [-0.15, -0.1) is 13.2 Å². The van der Waals surface area contributed by atoms with E-state index in [1.807, 2.05) is 0 Å². The summed E-state index contributed by atoms with van der Waals surface area (Å²) >= 11 is 0. The number of carbonyl (C=O) groups excluding carboxylic acids is 1. The van der Waals surface area contributed by atoms with E-state index in [-0.39, 0.29) is 10.9 Å². The molecule has 9 heteroatoms. The van der Waals surface area contributed by atoms with Crippen LogP contribution in [0.4, 0.5) is 13.2 Å². The van der Waals surface area contributed by atoms with Crippen LogP contribution in [0.25, 0.3) is 16.6 Å². The molecule has 0 radical (unpaired) electrons. The van der Waals surface area contributed by atoms with Crippen LogP contribution in [-0.4, -0.2) is 29.0 Å². The molecule has 0 N–H and O–H groups in total. The van der Waals surface area contributed by atoms with E-state index in [4.69, 9.17) is 0 Å². The van der Waals surface area contributed by atoms with Crippen molar-refractivity contribution in [3.05, 3.63) is 64.2 Å². The largest absolute Gasteiger partial charge is 0.573 e. The molecule has 0 atom stereocenters. The number of nitrogens with zero attached hydrogens (tertiary/aromatic N) is 2. The Kier molecular flexibility index (Phi) is 4.61. The summed E-state index contributed by atoms with van der Waals surface area (Å²) in [4.78, 5) is 28.8. The zero-order chi connectivity index (χ0) is 19.8. The van der Waals surface area contributed by atoms with Crippen molar-refractivity contribution in [3.63, 3.8) is 0 Å². The number of carbonyl (C=O) groups is 1. The first-order valence-corrected chi connectivity index (χ1v) is 7.67. The molecule has 3 aromatic rings. The standard InChI is InChI=1S/C18H13F3N2O4/c1-10-13(17(25)26-2)9-14-15(22-10)7-8-23(16(14)24)11-3-5-12(6-4-11)27-18(19,20)21/h3-9H,1-2H3. The number of alkyl halides is 3. The molecule has 2 heterocycles. The molecule has 0 aliphatic carbocycles. The van der Waals surface area contributed by atoms with Crippen LogP contribution in [0.1, 0.15) is 16.1 Å². The van der Waals surface area contributed by atoms with Gasteiger partial charge in [0.25, 0.3) is 5.56 Å². The Morgan fingerprint density at radius 1 is 1.15 bits per heavy atom. The summed E-state index contributed by atoms with van der Waals surface area (Å²) in [6.07, 6.45) is -3.34. The lowest BCUT2D eigenvalue weighted by Gasteiger charge is -2.11. The van der Waals surface area contributed by atoms with Gasteiger partial charge in [-0.05, 0) is 43.3 Å². The Labute approximate surface area is 150 Å². The highest BCUT2D eigenvalue weighted by Crippen LogP contribution is 2.23. The molecule has 0 spiro atoms. The highest BCUT2D eigenvalue weighted by molar-refractivity contribution is 5.94. The monoisotopic (exact) mass is 378 g/mol. The topological polar surface area (TPSA) is 70.4 Å². The molecule has 0 unspecified atom stereocenters. The summed E-state index contributed by atoms with van der Waals surface area (Å²) < 4.78 is 46.5. The summed E-state index contributed by atoms with van der Waals surface area (Å²) in [5.41, 5.74) is 0.818. The predicted molar refractivity (Wildman–Crippen MR) is 90.1 cm³/mol. The van der Waals surface area contributed by atoms with Crippen LogP contribution in [0.2, 0.25) is 0 Å². The second kappa shape index (κ2) is 6.75. The molecule has 0 saturated carbocycles. The Morgan fingerprint density at radius 3 is 2.41 bits per heavy atom. The van der Waals surface area contributed by atoms with Gasteiger partial charge >= 0.3 is 12.3 Å². The minimum Gasteiger partial charge on any atom is -0.465 e. The third-order valence-corrected chi connectivity index (χ3v) is 3.83. The fourth-order valence-corrected chi connectivity index (χ4v) is 2.59. The summed E-state index contributed by atoms with van der Waals surface area (Å²) in [7, 11) is 1.22. The Morgan fingerprint density at radius 2 is 1.81 bits per heavy atom. The maximum Gasteiger partial charge on any atom is 0.573 e. The third kappa shape index (κ3) is 3.76. The van der Waals surface area contributed by atoms with E-state index in [1.54, 1.807) is 13.0 Å². The fourth-order valence-electron chi connectivity index (χ4n) is 2.59. The maximum atomic E-state index is 12.8. The van der Waals surface area contributed by atoms with Crippen LogP contribution in [0.3, 0.4) is 0 Å². The summed E-state index contributed by atoms with van der Waals surface area (Å²) in [5, 5.41) is 0.180. The van der Waals surface area contributed by atoms with Gasteiger partial charge in [-0.25, -0.2) is 4.79 Å². The molecular formula is C18H13F3N2O4. The highest BCUT2D eigenvalue weighted by atomic mass is 19.4. The normalized spacial score (nSPS) is 11.4. The zero-order valence-electron chi connectivity index (χ0n) is 14.2. The molecule has 2 aromatic heterocycles. The van der Waals surface area contributed by atoms with Gasteiger partial charge < -0.3 is 9.47 Å². The molecule has 3 rings (SSSR count). The number of benzene rings is 1. The van der Waals surface area contributed by atoms with Gasteiger partial charge in [-0.3, -0.25) is 14.3 Å². The van der Waals surface area contributed by atoms with Gasteiger partial charge in [-0.1, -0.05) is 0 Å². The molecule has 27 heavy (non-hydrogen) atoms. The summed E-state index contributed by atoms with van der Waals surface area (Å²) in [6, 6.07) is 7.81. The number of fused-ring (bicyclic) bond motifs is 1. The molecule has 0 aliphatic rings. The van der Waals surface area contributed by atoms with Crippen LogP contribution in [-0.2, 0) is 4.74 Å². The lowest BCUT2D eigenvalue weighted by Crippen LogP contribution is -2.19. The maximum absolute atomic E-state index is 12.8. The van der Waals surface area contributed by atoms with Crippen molar-refractivity contribution in [2.24, 2.45) is 0 Å². The number of esters is 1. The first-order chi connectivity index (χ1) is 12.7. The van der Waals surface area contributed by atoms with E-state index in [2.05, 4.69) is 14.5 Å². The second-order valence-electron chi connectivity index (χ2n) is 5.58. The van der Waals surface area contributed by atoms with Crippen molar-refractivity contribution < 1.29 is 27.4 Å². The smallest absolute Gasteiger partial charge is 0.465 e. The Balaban J connectivity index is 2.07. The average Bonchev–Trinajstić information content (AvgIpc) is 2.60. The van der Waals surface area contributed by atoms with Crippen LogP contribution in [0.15, 0.2) is 47.4 Å². The molecular weight excluding hydrogens is 365 g/mol. The second-order valence-corrected chi connectivity index (χ2v) is 5.58. The quantitative estimate of drug-likeness (QED) is 0.654. The first-order valence-electron chi connectivity index (χ1n) is 7.67. The highest BCUT2D eigenvalue weighted by Gasteiger charge is 2.31. The van der Waals surface area contributed by atoms with Gasteiger partial charge in [0.2, 0.25) is 0 Å². The van der Waals surface area contributed by atoms with E-state index < -0.39 is 23.6 Å². The van der Waals surface area contributed by atoms with E-state index in [0.717, 1.165) is 12.1 Å². The van der Waals surface area contributed by atoms with Gasteiger partial charge in [0.05, 0.1) is 29.3 Å². The minimum atomic E-state index is -4.80. The van der Waals surface area contributed by atoms with Crippen LogP contribution >= 0.6 is 0 Å². The van der Waals surface area contributed by atoms with Crippen LogP contribution in [0.5, 0.6) is 5.75 Å². The zero-order valence-corrected chi connectivity index (χ0v) is 14.2. The lowest BCUT2D eigenvalue weighted by atomic mass is 10.1. The summed E-state index contributed by atoms with van der Waals surface area (Å²) in [5.74, 6) is -1.02. The average molecular weight is 378 g/mol. The number of ether oxygens (including phenoxy) is 2. The van der Waals surface area contributed by atoms with Crippen molar-refractivity contribution >= 4 is 16.9 Å². The molecule has 0 amide bonds. The molecule has 1 aromatic carbocycles. The molecule has 0 saturated heterocycles. The van der Waals surface area contributed by atoms with Crippen molar-refractivity contribution in [1.29, 1.82) is 0 Å². The molecule has 140 valence electrons.